The fourth-order valence-electron chi connectivity index (χ4n) is 3.57. The molecule has 25 heavy (non-hydrogen) atoms. The number of benzene rings is 1. The Bertz CT molecular complexity index is 693. The van der Waals surface area contributed by atoms with Crippen LogP contribution >= 0.6 is 0 Å². The maximum atomic E-state index is 12.5. The van der Waals surface area contributed by atoms with E-state index in [0.717, 1.165) is 43.7 Å². The highest BCUT2D eigenvalue weighted by molar-refractivity contribution is 5.76. The van der Waals surface area contributed by atoms with Crippen LogP contribution in [0.3, 0.4) is 0 Å². The molecule has 1 aliphatic rings. The molecule has 5 heteroatoms. The van der Waals surface area contributed by atoms with E-state index in [1.54, 1.807) is 6.20 Å². The predicted molar refractivity (Wildman–Crippen MR) is 97.0 cm³/mol. The summed E-state index contributed by atoms with van der Waals surface area (Å²) in [5.74, 6) is 1.82. The first-order valence-corrected chi connectivity index (χ1v) is 9.16. The first-order valence-electron chi connectivity index (χ1n) is 9.16. The Hall–Kier alpha value is -2.14. The first kappa shape index (κ1) is 17.7. The monoisotopic (exact) mass is 341 g/mol. The second-order valence-corrected chi connectivity index (χ2v) is 6.81. The van der Waals surface area contributed by atoms with Crippen LogP contribution in [-0.4, -0.2) is 38.6 Å². The molecule has 1 saturated heterocycles. The Balaban J connectivity index is 1.47. The van der Waals surface area contributed by atoms with Gasteiger partial charge in [0.15, 0.2) is 0 Å². The lowest BCUT2D eigenvalue weighted by Crippen LogP contribution is -2.29. The van der Waals surface area contributed by atoms with Crippen LogP contribution < -0.4 is 0 Å². The smallest absolute Gasteiger partial charge is 0.224 e. The van der Waals surface area contributed by atoms with E-state index < -0.39 is 0 Å². The Morgan fingerprint density at radius 1 is 1.28 bits per heavy atom. The average molecular weight is 341 g/mol. The van der Waals surface area contributed by atoms with Gasteiger partial charge < -0.3 is 14.6 Å². The van der Waals surface area contributed by atoms with Gasteiger partial charge in [-0.15, -0.1) is 0 Å². The molecular weight excluding hydrogens is 314 g/mol. The molecule has 1 amide bonds. The molecule has 1 N–H and O–H groups in total. The van der Waals surface area contributed by atoms with Crippen LogP contribution in [0.5, 0.6) is 0 Å². The summed E-state index contributed by atoms with van der Waals surface area (Å²) in [7, 11) is 0. The van der Waals surface area contributed by atoms with Crippen LogP contribution in [-0.2, 0) is 30.8 Å². The highest BCUT2D eigenvalue weighted by Crippen LogP contribution is 2.22. The lowest BCUT2D eigenvalue weighted by molar-refractivity contribution is -0.130. The van der Waals surface area contributed by atoms with E-state index in [0.29, 0.717) is 18.9 Å². The number of aromatic nitrogens is 2. The van der Waals surface area contributed by atoms with Gasteiger partial charge in [-0.25, -0.2) is 4.98 Å². The van der Waals surface area contributed by atoms with E-state index in [2.05, 4.69) is 28.6 Å². The molecule has 2 heterocycles. The van der Waals surface area contributed by atoms with Gasteiger partial charge in [0.1, 0.15) is 5.82 Å². The molecule has 0 spiro atoms. The van der Waals surface area contributed by atoms with Crippen molar-refractivity contribution in [2.24, 2.45) is 5.92 Å². The van der Waals surface area contributed by atoms with E-state index in [-0.39, 0.29) is 12.5 Å². The van der Waals surface area contributed by atoms with Crippen LogP contribution in [0.4, 0.5) is 0 Å². The molecule has 1 aromatic carbocycles. The van der Waals surface area contributed by atoms with Gasteiger partial charge in [-0.3, -0.25) is 4.79 Å². The molecule has 0 bridgehead atoms. The van der Waals surface area contributed by atoms with E-state index in [9.17, 15) is 4.79 Å². The van der Waals surface area contributed by atoms with Crippen LogP contribution in [0.2, 0.25) is 0 Å². The van der Waals surface area contributed by atoms with Crippen molar-refractivity contribution in [2.45, 2.75) is 45.8 Å². The summed E-state index contributed by atoms with van der Waals surface area (Å²) in [6, 6.07) is 8.12. The molecule has 1 aromatic heterocycles. The molecule has 1 fully saturated rings. The van der Waals surface area contributed by atoms with Gasteiger partial charge in [-0.2, -0.15) is 0 Å². The third-order valence-electron chi connectivity index (χ3n) is 5.05. The van der Waals surface area contributed by atoms with Crippen molar-refractivity contribution in [3.05, 3.63) is 53.6 Å². The number of nitrogens with zero attached hydrogens (tertiary/aromatic N) is 3. The molecule has 0 aliphatic carbocycles. The zero-order valence-electron chi connectivity index (χ0n) is 14.9. The summed E-state index contributed by atoms with van der Waals surface area (Å²) in [6.45, 7) is 4.60. The zero-order chi connectivity index (χ0) is 17.6. The van der Waals surface area contributed by atoms with Gasteiger partial charge in [0, 0.05) is 44.9 Å². The largest absolute Gasteiger partial charge is 0.392 e. The van der Waals surface area contributed by atoms with Gasteiger partial charge in [-0.05, 0) is 29.9 Å². The number of likely N-dealkylation sites (tertiary alicyclic amines) is 1. The van der Waals surface area contributed by atoms with Gasteiger partial charge in [0.05, 0.1) is 6.61 Å². The number of amides is 1. The number of aliphatic hydroxyl groups is 1. The molecule has 134 valence electrons. The number of hydrogen-bond donors (Lipinski definition) is 1. The lowest BCUT2D eigenvalue weighted by Gasteiger charge is -2.17. The maximum Gasteiger partial charge on any atom is 0.224 e. The summed E-state index contributed by atoms with van der Waals surface area (Å²) in [5.41, 5.74) is 2.22. The zero-order valence-corrected chi connectivity index (χ0v) is 14.9. The minimum atomic E-state index is 0.0860. The Morgan fingerprint density at radius 3 is 2.76 bits per heavy atom. The number of imidazole rings is 1. The van der Waals surface area contributed by atoms with Crippen molar-refractivity contribution in [3.8, 4) is 0 Å². The molecule has 1 aliphatic heterocycles. The van der Waals surface area contributed by atoms with Crippen LogP contribution in [0.1, 0.15) is 36.7 Å². The summed E-state index contributed by atoms with van der Waals surface area (Å²) < 4.78 is 2.08. The fraction of sp³-hybridized carbons (Fsp3) is 0.500. The average Bonchev–Trinajstić information content (AvgIpc) is 3.29. The lowest BCUT2D eigenvalue weighted by atomic mass is 9.98. The number of aliphatic hydroxyl groups excluding tert-OH is 1. The third kappa shape index (κ3) is 4.48. The van der Waals surface area contributed by atoms with Crippen molar-refractivity contribution < 1.29 is 9.90 Å². The van der Waals surface area contributed by atoms with Crippen LogP contribution in [0, 0.1) is 5.92 Å². The summed E-state index contributed by atoms with van der Waals surface area (Å²) in [6.07, 6.45) is 7.26. The minimum Gasteiger partial charge on any atom is -0.392 e. The Morgan fingerprint density at radius 2 is 2.04 bits per heavy atom. The highest BCUT2D eigenvalue weighted by Gasteiger charge is 2.26. The summed E-state index contributed by atoms with van der Waals surface area (Å²) in [4.78, 5) is 18.8. The molecule has 5 nitrogen and oxygen atoms in total. The molecule has 3 rings (SSSR count). The van der Waals surface area contributed by atoms with Crippen molar-refractivity contribution >= 4 is 5.91 Å². The van der Waals surface area contributed by atoms with Crippen molar-refractivity contribution in [3.63, 3.8) is 0 Å². The Kier molecular flexibility index (Phi) is 5.87. The Labute approximate surface area is 149 Å². The molecular formula is C20H27N3O2. The number of aryl methyl sites for hydroxylation is 2. The second kappa shape index (κ2) is 8.30. The highest BCUT2D eigenvalue weighted by atomic mass is 16.3. The van der Waals surface area contributed by atoms with Crippen molar-refractivity contribution in [1.82, 2.24) is 14.5 Å². The summed E-state index contributed by atoms with van der Waals surface area (Å²) >= 11 is 0. The second-order valence-electron chi connectivity index (χ2n) is 6.81. The summed E-state index contributed by atoms with van der Waals surface area (Å²) in [5, 5.41) is 9.11. The SMILES string of the molecule is CCc1nccn1CCC(=O)N1CCC(Cc2ccc(CO)cc2)C1. The predicted octanol–water partition coefficient (Wildman–Crippen LogP) is 2.42. The van der Waals surface area contributed by atoms with E-state index in [4.69, 9.17) is 5.11 Å². The molecule has 1 atom stereocenters. The molecule has 0 saturated carbocycles. The third-order valence-corrected chi connectivity index (χ3v) is 5.05. The standard InChI is InChI=1S/C20H27N3O2/c1-2-19-21-9-12-22(19)11-8-20(25)23-10-7-18(14-23)13-16-3-5-17(15-24)6-4-16/h3-6,9,12,18,24H,2,7-8,10-11,13-15H2,1H3. The van der Waals surface area contributed by atoms with E-state index in [1.165, 1.54) is 5.56 Å². The number of hydrogen-bond acceptors (Lipinski definition) is 3. The molecule has 1 unspecified atom stereocenters. The van der Waals surface area contributed by atoms with Crippen LogP contribution in [0.25, 0.3) is 0 Å². The van der Waals surface area contributed by atoms with Gasteiger partial charge >= 0.3 is 0 Å². The number of rotatable bonds is 7. The van der Waals surface area contributed by atoms with Gasteiger partial charge in [-0.1, -0.05) is 31.2 Å². The minimum absolute atomic E-state index is 0.0860. The van der Waals surface area contributed by atoms with Gasteiger partial charge in [0.25, 0.3) is 0 Å². The quantitative estimate of drug-likeness (QED) is 0.841. The van der Waals surface area contributed by atoms with Gasteiger partial charge in [0.2, 0.25) is 5.91 Å². The maximum absolute atomic E-state index is 12.5. The fourth-order valence-corrected chi connectivity index (χ4v) is 3.57. The van der Waals surface area contributed by atoms with Crippen molar-refractivity contribution in [2.75, 3.05) is 13.1 Å². The van der Waals surface area contributed by atoms with Crippen molar-refractivity contribution in [1.29, 1.82) is 0 Å². The molecule has 0 radical (unpaired) electrons. The topological polar surface area (TPSA) is 58.4 Å². The molecule has 2 aromatic rings. The number of carbonyl (C=O) groups is 1. The van der Waals surface area contributed by atoms with E-state index in [1.807, 2.05) is 23.2 Å². The van der Waals surface area contributed by atoms with E-state index >= 15 is 0 Å². The van der Waals surface area contributed by atoms with Crippen LogP contribution in [0.15, 0.2) is 36.7 Å². The number of carbonyl (C=O) groups excluding carboxylic acids is 1. The normalized spacial score (nSPS) is 17.2. The first-order chi connectivity index (χ1) is 12.2.